The van der Waals surface area contributed by atoms with Gasteiger partial charge < -0.3 is 9.47 Å². The molecular formula is C17H28N4O. The SMILES string of the molecule is CC(C)CC(=O)N1CCCC(c2nnc3n2CCCCC3)C1. The van der Waals surface area contributed by atoms with Crippen LogP contribution in [0.4, 0.5) is 0 Å². The number of piperidine rings is 1. The third-order valence-electron chi connectivity index (χ3n) is 4.86. The second-order valence-corrected chi connectivity index (χ2v) is 7.21. The summed E-state index contributed by atoms with van der Waals surface area (Å²) >= 11 is 0. The summed E-state index contributed by atoms with van der Waals surface area (Å²) in [6.45, 7) is 7.00. The monoisotopic (exact) mass is 304 g/mol. The zero-order valence-electron chi connectivity index (χ0n) is 13.9. The molecule has 122 valence electrons. The number of fused-ring (bicyclic) bond motifs is 1. The van der Waals surface area contributed by atoms with Crippen LogP contribution >= 0.6 is 0 Å². The fourth-order valence-corrected chi connectivity index (χ4v) is 3.70. The van der Waals surface area contributed by atoms with Crippen molar-refractivity contribution in [3.8, 4) is 0 Å². The van der Waals surface area contributed by atoms with Crippen molar-refractivity contribution in [2.45, 2.75) is 71.3 Å². The molecule has 0 aliphatic carbocycles. The lowest BCUT2D eigenvalue weighted by Gasteiger charge is -2.33. The molecule has 2 aliphatic heterocycles. The smallest absolute Gasteiger partial charge is 0.222 e. The van der Waals surface area contributed by atoms with E-state index in [1.165, 1.54) is 19.3 Å². The molecule has 0 aromatic carbocycles. The Hall–Kier alpha value is -1.39. The molecule has 1 fully saturated rings. The van der Waals surface area contributed by atoms with Crippen molar-refractivity contribution >= 4 is 5.91 Å². The summed E-state index contributed by atoms with van der Waals surface area (Å²) < 4.78 is 2.34. The first-order chi connectivity index (χ1) is 10.6. The van der Waals surface area contributed by atoms with Crippen molar-refractivity contribution in [2.24, 2.45) is 5.92 Å². The van der Waals surface area contributed by atoms with Crippen molar-refractivity contribution in [1.29, 1.82) is 0 Å². The maximum absolute atomic E-state index is 12.4. The molecule has 1 atom stereocenters. The van der Waals surface area contributed by atoms with Gasteiger partial charge >= 0.3 is 0 Å². The van der Waals surface area contributed by atoms with Crippen molar-refractivity contribution < 1.29 is 4.79 Å². The van der Waals surface area contributed by atoms with Crippen LogP contribution in [0, 0.1) is 5.92 Å². The molecule has 5 heteroatoms. The highest BCUT2D eigenvalue weighted by Crippen LogP contribution is 2.28. The van der Waals surface area contributed by atoms with Gasteiger partial charge in [-0.1, -0.05) is 20.3 Å². The van der Waals surface area contributed by atoms with E-state index < -0.39 is 0 Å². The zero-order chi connectivity index (χ0) is 15.5. The van der Waals surface area contributed by atoms with Crippen LogP contribution in [0.1, 0.15) is 69.9 Å². The number of hydrogen-bond acceptors (Lipinski definition) is 3. The predicted molar refractivity (Wildman–Crippen MR) is 85.6 cm³/mol. The van der Waals surface area contributed by atoms with Crippen molar-refractivity contribution in [1.82, 2.24) is 19.7 Å². The fourth-order valence-electron chi connectivity index (χ4n) is 3.70. The number of carbonyl (C=O) groups is 1. The molecule has 1 aromatic rings. The molecule has 0 spiro atoms. The summed E-state index contributed by atoms with van der Waals surface area (Å²) in [4.78, 5) is 14.4. The molecule has 0 radical (unpaired) electrons. The first-order valence-corrected chi connectivity index (χ1v) is 8.85. The Morgan fingerprint density at radius 3 is 2.86 bits per heavy atom. The Morgan fingerprint density at radius 2 is 2.05 bits per heavy atom. The predicted octanol–water partition coefficient (Wildman–Crippen LogP) is 2.76. The Morgan fingerprint density at radius 1 is 1.18 bits per heavy atom. The molecule has 0 saturated carbocycles. The molecule has 1 unspecified atom stereocenters. The fraction of sp³-hybridized carbons (Fsp3) is 0.824. The van der Waals surface area contributed by atoms with Crippen LogP contribution in [0.2, 0.25) is 0 Å². The maximum Gasteiger partial charge on any atom is 0.222 e. The molecule has 0 bridgehead atoms. The number of aryl methyl sites for hydroxylation is 1. The molecule has 1 saturated heterocycles. The van der Waals surface area contributed by atoms with Gasteiger partial charge in [0.15, 0.2) is 0 Å². The average molecular weight is 304 g/mol. The van der Waals surface area contributed by atoms with Gasteiger partial charge in [0.1, 0.15) is 11.6 Å². The number of amides is 1. The molecule has 0 N–H and O–H groups in total. The topological polar surface area (TPSA) is 51.0 Å². The summed E-state index contributed by atoms with van der Waals surface area (Å²) in [6.07, 6.45) is 7.65. The lowest BCUT2D eigenvalue weighted by molar-refractivity contribution is -0.133. The van der Waals surface area contributed by atoms with Gasteiger partial charge in [0, 0.05) is 38.4 Å². The summed E-state index contributed by atoms with van der Waals surface area (Å²) in [6, 6.07) is 0. The molecule has 2 aliphatic rings. The Balaban J connectivity index is 1.72. The Kier molecular flexibility index (Phi) is 4.79. The molecule has 3 rings (SSSR count). The average Bonchev–Trinajstić information content (AvgIpc) is 2.75. The van der Waals surface area contributed by atoms with E-state index in [0.717, 1.165) is 50.5 Å². The zero-order valence-corrected chi connectivity index (χ0v) is 13.9. The van der Waals surface area contributed by atoms with Crippen LogP contribution in [-0.2, 0) is 17.8 Å². The number of nitrogens with zero attached hydrogens (tertiary/aromatic N) is 4. The minimum absolute atomic E-state index is 0.301. The van der Waals surface area contributed by atoms with E-state index in [1.807, 2.05) is 4.90 Å². The Labute approximate surface area is 133 Å². The van der Waals surface area contributed by atoms with Crippen LogP contribution in [0.5, 0.6) is 0 Å². The molecule has 1 amide bonds. The van der Waals surface area contributed by atoms with Crippen LogP contribution in [0.3, 0.4) is 0 Å². The van der Waals surface area contributed by atoms with Gasteiger partial charge in [-0.25, -0.2) is 0 Å². The van der Waals surface area contributed by atoms with Crippen molar-refractivity contribution in [3.05, 3.63) is 11.6 Å². The second-order valence-electron chi connectivity index (χ2n) is 7.21. The van der Waals surface area contributed by atoms with Crippen molar-refractivity contribution in [2.75, 3.05) is 13.1 Å². The summed E-state index contributed by atoms with van der Waals surface area (Å²) in [5, 5.41) is 8.91. The standard InChI is InChI=1S/C17H28N4O/c1-13(2)11-16(22)20-9-6-7-14(12-20)17-19-18-15-8-4-3-5-10-21(15)17/h13-14H,3-12H2,1-2H3. The van der Waals surface area contributed by atoms with Gasteiger partial charge in [0.25, 0.3) is 0 Å². The van der Waals surface area contributed by atoms with E-state index in [2.05, 4.69) is 28.6 Å². The first kappa shape index (κ1) is 15.5. The largest absolute Gasteiger partial charge is 0.342 e. The summed E-state index contributed by atoms with van der Waals surface area (Å²) in [5.41, 5.74) is 0. The third kappa shape index (κ3) is 3.33. The van der Waals surface area contributed by atoms with Crippen LogP contribution in [0.25, 0.3) is 0 Å². The highest BCUT2D eigenvalue weighted by atomic mass is 16.2. The van der Waals surface area contributed by atoms with E-state index in [4.69, 9.17) is 0 Å². The van der Waals surface area contributed by atoms with Crippen LogP contribution in [0.15, 0.2) is 0 Å². The maximum atomic E-state index is 12.4. The van der Waals surface area contributed by atoms with E-state index >= 15 is 0 Å². The quantitative estimate of drug-likeness (QED) is 0.863. The van der Waals surface area contributed by atoms with Gasteiger partial charge in [-0.3, -0.25) is 4.79 Å². The van der Waals surface area contributed by atoms with Gasteiger partial charge in [0.05, 0.1) is 0 Å². The summed E-state index contributed by atoms with van der Waals surface area (Å²) in [5.74, 6) is 3.37. The van der Waals surface area contributed by atoms with Crippen molar-refractivity contribution in [3.63, 3.8) is 0 Å². The molecule has 1 aromatic heterocycles. The lowest BCUT2D eigenvalue weighted by atomic mass is 9.96. The van der Waals surface area contributed by atoms with Gasteiger partial charge in [0.2, 0.25) is 5.91 Å². The minimum atomic E-state index is 0.301. The molecular weight excluding hydrogens is 276 g/mol. The van der Waals surface area contributed by atoms with E-state index in [0.29, 0.717) is 24.2 Å². The number of aromatic nitrogens is 3. The van der Waals surface area contributed by atoms with Gasteiger partial charge in [-0.2, -0.15) is 0 Å². The van der Waals surface area contributed by atoms with Crippen LogP contribution < -0.4 is 0 Å². The molecule has 22 heavy (non-hydrogen) atoms. The lowest BCUT2D eigenvalue weighted by Crippen LogP contribution is -2.40. The highest BCUT2D eigenvalue weighted by Gasteiger charge is 2.29. The van der Waals surface area contributed by atoms with Crippen LogP contribution in [-0.4, -0.2) is 38.7 Å². The highest BCUT2D eigenvalue weighted by molar-refractivity contribution is 5.76. The normalized spacial score (nSPS) is 22.5. The van der Waals surface area contributed by atoms with Gasteiger partial charge in [-0.15, -0.1) is 10.2 Å². The third-order valence-corrected chi connectivity index (χ3v) is 4.86. The van der Waals surface area contributed by atoms with E-state index in [-0.39, 0.29) is 0 Å². The minimum Gasteiger partial charge on any atom is -0.342 e. The number of hydrogen-bond donors (Lipinski definition) is 0. The first-order valence-electron chi connectivity index (χ1n) is 8.85. The number of carbonyl (C=O) groups excluding carboxylic acids is 1. The number of rotatable bonds is 3. The molecule has 3 heterocycles. The van der Waals surface area contributed by atoms with Gasteiger partial charge in [-0.05, 0) is 31.6 Å². The van der Waals surface area contributed by atoms with E-state index in [1.54, 1.807) is 0 Å². The molecule has 5 nitrogen and oxygen atoms in total. The Bertz CT molecular complexity index is 523. The second kappa shape index (κ2) is 6.80. The summed E-state index contributed by atoms with van der Waals surface area (Å²) in [7, 11) is 0. The van der Waals surface area contributed by atoms with E-state index in [9.17, 15) is 4.79 Å². The number of likely N-dealkylation sites (tertiary alicyclic amines) is 1.